The average Bonchev–Trinajstić information content (AvgIpc) is 2.15. The molecule has 2 N–H and O–H groups in total. The molecule has 1 atom stereocenters. The molecule has 84 valence electrons. The number of methoxy groups -OCH3 is 1. The van der Waals surface area contributed by atoms with Gasteiger partial charge in [-0.15, -0.1) is 0 Å². The summed E-state index contributed by atoms with van der Waals surface area (Å²) in [6, 6.07) is 0.737. The molecule has 0 aliphatic heterocycles. The average molecular weight is 223 g/mol. The second-order valence-electron chi connectivity index (χ2n) is 2.91. The molecule has 1 aromatic carbocycles. The van der Waals surface area contributed by atoms with E-state index in [1.165, 1.54) is 13.2 Å². The van der Waals surface area contributed by atoms with E-state index in [-0.39, 0.29) is 5.75 Å². The van der Waals surface area contributed by atoms with Crippen molar-refractivity contribution in [2.24, 2.45) is 5.73 Å². The van der Waals surface area contributed by atoms with Gasteiger partial charge in [0.1, 0.15) is 17.6 Å². The van der Waals surface area contributed by atoms with Crippen LogP contribution in [0.25, 0.3) is 0 Å². The van der Waals surface area contributed by atoms with Gasteiger partial charge in [-0.25, -0.2) is 4.39 Å². The summed E-state index contributed by atoms with van der Waals surface area (Å²) in [6.07, 6.45) is -4.66. The highest BCUT2D eigenvalue weighted by Gasteiger charge is 2.39. The van der Waals surface area contributed by atoms with Crippen LogP contribution in [0.15, 0.2) is 18.2 Å². The quantitative estimate of drug-likeness (QED) is 0.781. The van der Waals surface area contributed by atoms with Crippen molar-refractivity contribution in [3.8, 4) is 5.75 Å². The van der Waals surface area contributed by atoms with Gasteiger partial charge in [-0.1, -0.05) is 6.07 Å². The fourth-order valence-corrected chi connectivity index (χ4v) is 1.06. The Hall–Kier alpha value is -1.30. The molecule has 0 aliphatic carbocycles. The van der Waals surface area contributed by atoms with Gasteiger partial charge >= 0.3 is 6.18 Å². The summed E-state index contributed by atoms with van der Waals surface area (Å²) in [4.78, 5) is 0. The van der Waals surface area contributed by atoms with Crippen molar-refractivity contribution in [3.05, 3.63) is 29.6 Å². The smallest absolute Gasteiger partial charge is 0.407 e. The number of hydrogen-bond acceptors (Lipinski definition) is 2. The number of ether oxygens (including phenoxy) is 1. The number of rotatable bonds is 2. The highest BCUT2D eigenvalue weighted by Crippen LogP contribution is 2.32. The Kier molecular flexibility index (Phi) is 3.18. The van der Waals surface area contributed by atoms with E-state index in [2.05, 4.69) is 4.74 Å². The van der Waals surface area contributed by atoms with Gasteiger partial charge in [0.15, 0.2) is 0 Å². The Balaban J connectivity index is 3.06. The molecule has 0 amide bonds. The highest BCUT2D eigenvalue weighted by atomic mass is 19.4. The fraction of sp³-hybridized carbons (Fsp3) is 0.333. The molecule has 0 heterocycles. The van der Waals surface area contributed by atoms with E-state index < -0.39 is 23.6 Å². The lowest BCUT2D eigenvalue weighted by molar-refractivity contribution is -0.149. The first-order valence-corrected chi connectivity index (χ1v) is 4.02. The number of benzene rings is 1. The molecule has 2 nitrogen and oxygen atoms in total. The van der Waals surface area contributed by atoms with E-state index >= 15 is 0 Å². The topological polar surface area (TPSA) is 35.2 Å². The van der Waals surface area contributed by atoms with Gasteiger partial charge in [-0.3, -0.25) is 0 Å². The zero-order chi connectivity index (χ0) is 11.6. The molecule has 0 radical (unpaired) electrons. The largest absolute Gasteiger partial charge is 0.497 e. The number of halogens is 4. The van der Waals surface area contributed by atoms with Crippen molar-refractivity contribution < 1.29 is 22.3 Å². The standard InChI is InChI=1S/C9H9F4NO/c1-15-5-2-3-6(7(10)4-5)8(14)9(11,12)13/h2-4,8H,14H2,1H3. The van der Waals surface area contributed by atoms with Crippen LogP contribution in [-0.2, 0) is 0 Å². The van der Waals surface area contributed by atoms with E-state index in [0.29, 0.717) is 0 Å². The van der Waals surface area contributed by atoms with Crippen molar-refractivity contribution in [3.63, 3.8) is 0 Å². The monoisotopic (exact) mass is 223 g/mol. The van der Waals surface area contributed by atoms with Crippen LogP contribution >= 0.6 is 0 Å². The molecule has 0 aromatic heterocycles. The molecule has 6 heteroatoms. The Bertz CT molecular complexity index is 350. The lowest BCUT2D eigenvalue weighted by atomic mass is 10.1. The van der Waals surface area contributed by atoms with Gasteiger partial charge in [0.05, 0.1) is 7.11 Å². The SMILES string of the molecule is COc1ccc(C(N)C(F)(F)F)c(F)c1. The highest BCUT2D eigenvalue weighted by molar-refractivity contribution is 5.31. The van der Waals surface area contributed by atoms with Crippen molar-refractivity contribution in [1.82, 2.24) is 0 Å². The number of nitrogens with two attached hydrogens (primary N) is 1. The Labute approximate surface area is 83.6 Å². The van der Waals surface area contributed by atoms with Crippen LogP contribution in [0.1, 0.15) is 11.6 Å². The van der Waals surface area contributed by atoms with Crippen molar-refractivity contribution in [2.75, 3.05) is 7.11 Å². The van der Waals surface area contributed by atoms with E-state index in [1.54, 1.807) is 0 Å². The third kappa shape index (κ3) is 2.59. The van der Waals surface area contributed by atoms with Gasteiger partial charge in [-0.05, 0) is 6.07 Å². The summed E-state index contributed by atoms with van der Waals surface area (Å²) < 4.78 is 54.3. The maximum absolute atomic E-state index is 13.2. The zero-order valence-electron chi connectivity index (χ0n) is 7.81. The minimum atomic E-state index is -4.66. The summed E-state index contributed by atoms with van der Waals surface area (Å²) in [5, 5.41) is 0. The summed E-state index contributed by atoms with van der Waals surface area (Å²) >= 11 is 0. The normalized spacial score (nSPS) is 13.7. The van der Waals surface area contributed by atoms with E-state index in [4.69, 9.17) is 5.73 Å². The van der Waals surface area contributed by atoms with E-state index in [9.17, 15) is 17.6 Å². The van der Waals surface area contributed by atoms with Crippen LogP contribution in [0.2, 0.25) is 0 Å². The Morgan fingerprint density at radius 2 is 1.93 bits per heavy atom. The van der Waals surface area contributed by atoms with Gasteiger partial charge in [-0.2, -0.15) is 13.2 Å². The van der Waals surface area contributed by atoms with Crippen molar-refractivity contribution in [1.29, 1.82) is 0 Å². The molecule has 0 aliphatic rings. The molecular weight excluding hydrogens is 214 g/mol. The van der Waals surface area contributed by atoms with Crippen LogP contribution in [0.5, 0.6) is 5.75 Å². The third-order valence-electron chi connectivity index (χ3n) is 1.90. The number of alkyl halides is 3. The van der Waals surface area contributed by atoms with Crippen LogP contribution in [-0.4, -0.2) is 13.3 Å². The minimum Gasteiger partial charge on any atom is -0.497 e. The molecule has 15 heavy (non-hydrogen) atoms. The lowest BCUT2D eigenvalue weighted by Crippen LogP contribution is -2.29. The van der Waals surface area contributed by atoms with Crippen LogP contribution < -0.4 is 10.5 Å². The summed E-state index contributed by atoms with van der Waals surface area (Å²) in [5.41, 5.74) is 4.26. The van der Waals surface area contributed by atoms with Gasteiger partial charge < -0.3 is 10.5 Å². The first-order chi connectivity index (χ1) is 6.86. The predicted octanol–water partition coefficient (Wildman–Crippen LogP) is 2.40. The Morgan fingerprint density at radius 1 is 1.33 bits per heavy atom. The first kappa shape index (κ1) is 11.8. The van der Waals surface area contributed by atoms with Gasteiger partial charge in [0.2, 0.25) is 0 Å². The molecule has 1 unspecified atom stereocenters. The lowest BCUT2D eigenvalue weighted by Gasteiger charge is -2.16. The summed E-state index contributed by atoms with van der Waals surface area (Å²) in [6.45, 7) is 0. The van der Waals surface area contributed by atoms with Crippen LogP contribution in [0.3, 0.4) is 0 Å². The molecule has 1 rings (SSSR count). The van der Waals surface area contributed by atoms with Crippen molar-refractivity contribution in [2.45, 2.75) is 12.2 Å². The van der Waals surface area contributed by atoms with E-state index in [0.717, 1.165) is 12.1 Å². The summed E-state index contributed by atoms with van der Waals surface area (Å²) in [5.74, 6) is -0.884. The number of hydrogen-bond donors (Lipinski definition) is 1. The Morgan fingerprint density at radius 3 is 2.33 bits per heavy atom. The van der Waals surface area contributed by atoms with Crippen molar-refractivity contribution >= 4 is 0 Å². The molecule has 0 fully saturated rings. The van der Waals surface area contributed by atoms with Crippen LogP contribution in [0.4, 0.5) is 17.6 Å². The maximum atomic E-state index is 13.2. The minimum absolute atomic E-state index is 0.144. The second-order valence-corrected chi connectivity index (χ2v) is 2.91. The second kappa shape index (κ2) is 4.06. The molecule has 1 aromatic rings. The van der Waals surface area contributed by atoms with Gasteiger partial charge in [0.25, 0.3) is 0 Å². The molecule has 0 spiro atoms. The molecule has 0 saturated heterocycles. The fourth-order valence-electron chi connectivity index (χ4n) is 1.06. The molecule has 0 saturated carbocycles. The third-order valence-corrected chi connectivity index (χ3v) is 1.90. The maximum Gasteiger partial charge on any atom is 0.407 e. The molecular formula is C9H9F4NO. The zero-order valence-corrected chi connectivity index (χ0v) is 7.81. The predicted molar refractivity (Wildman–Crippen MR) is 45.9 cm³/mol. The summed E-state index contributed by atoms with van der Waals surface area (Å²) in [7, 11) is 1.29. The van der Waals surface area contributed by atoms with Gasteiger partial charge in [0, 0.05) is 11.6 Å². The first-order valence-electron chi connectivity index (χ1n) is 4.02. The molecule has 0 bridgehead atoms. The van der Waals surface area contributed by atoms with E-state index in [1.807, 2.05) is 0 Å². The van der Waals surface area contributed by atoms with Crippen LogP contribution in [0, 0.1) is 5.82 Å².